The Balaban J connectivity index is 1.43. The highest BCUT2D eigenvalue weighted by Gasteiger charge is 2.37. The normalized spacial score (nSPS) is 22.2. The van der Waals surface area contributed by atoms with Gasteiger partial charge in [-0.3, -0.25) is 4.79 Å². The van der Waals surface area contributed by atoms with Gasteiger partial charge in [-0.2, -0.15) is 4.31 Å². The fourth-order valence-electron chi connectivity index (χ4n) is 3.76. The molecule has 0 N–H and O–H groups in total. The number of piperidine rings is 1. The SMILES string of the molecule is O=C(Cc1cn2ccccc2n1)N1CCC[C@@H](S(=O)(=O)N2CCOCC2)C1. The molecule has 0 aliphatic carbocycles. The summed E-state index contributed by atoms with van der Waals surface area (Å²) in [6, 6.07) is 5.70. The monoisotopic (exact) mass is 392 g/mol. The maximum Gasteiger partial charge on any atom is 0.228 e. The number of carbonyl (C=O) groups is 1. The molecule has 0 bridgehead atoms. The third-order valence-electron chi connectivity index (χ3n) is 5.23. The van der Waals surface area contributed by atoms with Gasteiger partial charge in [-0.1, -0.05) is 6.07 Å². The molecular weight excluding hydrogens is 368 g/mol. The minimum Gasteiger partial charge on any atom is -0.379 e. The minimum atomic E-state index is -3.41. The molecule has 2 fully saturated rings. The first-order chi connectivity index (χ1) is 13.0. The van der Waals surface area contributed by atoms with E-state index in [1.54, 1.807) is 4.90 Å². The smallest absolute Gasteiger partial charge is 0.228 e. The zero-order valence-corrected chi connectivity index (χ0v) is 16.0. The Labute approximate surface area is 158 Å². The number of likely N-dealkylation sites (tertiary alicyclic amines) is 1. The fourth-order valence-corrected chi connectivity index (χ4v) is 5.67. The number of morpholine rings is 1. The van der Waals surface area contributed by atoms with Crippen LogP contribution in [0, 0.1) is 0 Å². The minimum absolute atomic E-state index is 0.0692. The molecule has 0 aromatic carbocycles. The first kappa shape index (κ1) is 18.4. The van der Waals surface area contributed by atoms with Crippen molar-refractivity contribution >= 4 is 21.6 Å². The number of pyridine rings is 1. The number of amides is 1. The number of fused-ring (bicyclic) bond motifs is 1. The Hall–Kier alpha value is -1.97. The molecule has 2 aromatic rings. The molecular formula is C18H24N4O4S. The summed E-state index contributed by atoms with van der Waals surface area (Å²) in [5, 5.41) is -0.533. The predicted octanol–water partition coefficient (Wildman–Crippen LogP) is 0.530. The lowest BCUT2D eigenvalue weighted by molar-refractivity contribution is -0.131. The van der Waals surface area contributed by atoms with Gasteiger partial charge < -0.3 is 14.0 Å². The molecule has 8 nitrogen and oxygen atoms in total. The van der Waals surface area contributed by atoms with Crippen LogP contribution in [-0.4, -0.2) is 77.6 Å². The molecule has 0 spiro atoms. The second-order valence-corrected chi connectivity index (χ2v) is 9.25. The van der Waals surface area contributed by atoms with Crippen molar-refractivity contribution < 1.29 is 17.9 Å². The third-order valence-corrected chi connectivity index (χ3v) is 7.54. The lowest BCUT2D eigenvalue weighted by Gasteiger charge is -2.36. The summed E-state index contributed by atoms with van der Waals surface area (Å²) in [5.41, 5.74) is 1.50. The van der Waals surface area contributed by atoms with E-state index in [0.29, 0.717) is 51.4 Å². The average Bonchev–Trinajstić information content (AvgIpc) is 3.11. The van der Waals surface area contributed by atoms with Gasteiger partial charge in [0, 0.05) is 38.6 Å². The molecule has 0 radical (unpaired) electrons. The summed E-state index contributed by atoms with van der Waals surface area (Å²) in [6.45, 7) is 2.51. The number of sulfonamides is 1. The topological polar surface area (TPSA) is 84.2 Å². The number of nitrogens with zero attached hydrogens (tertiary/aromatic N) is 4. The Morgan fingerprint density at radius 3 is 2.81 bits per heavy atom. The van der Waals surface area contributed by atoms with Gasteiger partial charge in [0.1, 0.15) is 5.65 Å². The lowest BCUT2D eigenvalue weighted by atomic mass is 10.1. The largest absolute Gasteiger partial charge is 0.379 e. The van der Waals surface area contributed by atoms with E-state index < -0.39 is 15.3 Å². The summed E-state index contributed by atoms with van der Waals surface area (Å²) < 4.78 is 34.4. The molecule has 1 amide bonds. The summed E-state index contributed by atoms with van der Waals surface area (Å²) >= 11 is 0. The highest BCUT2D eigenvalue weighted by Crippen LogP contribution is 2.22. The molecule has 2 saturated heterocycles. The fraction of sp³-hybridized carbons (Fsp3) is 0.556. The van der Waals surface area contributed by atoms with Crippen LogP contribution in [0.4, 0.5) is 0 Å². The highest BCUT2D eigenvalue weighted by atomic mass is 32.2. The number of rotatable bonds is 4. The Morgan fingerprint density at radius 1 is 1.22 bits per heavy atom. The molecule has 4 heterocycles. The van der Waals surface area contributed by atoms with Crippen LogP contribution < -0.4 is 0 Å². The van der Waals surface area contributed by atoms with Crippen molar-refractivity contribution in [3.05, 3.63) is 36.3 Å². The van der Waals surface area contributed by atoms with Gasteiger partial charge in [-0.05, 0) is 25.0 Å². The van der Waals surface area contributed by atoms with E-state index >= 15 is 0 Å². The van der Waals surface area contributed by atoms with Crippen LogP contribution in [0.5, 0.6) is 0 Å². The first-order valence-electron chi connectivity index (χ1n) is 9.31. The van der Waals surface area contributed by atoms with Crippen LogP contribution in [0.3, 0.4) is 0 Å². The molecule has 27 heavy (non-hydrogen) atoms. The molecule has 2 aromatic heterocycles. The van der Waals surface area contributed by atoms with Gasteiger partial charge in [0.25, 0.3) is 0 Å². The standard InChI is InChI=1S/C18H24N4O4S/c23-18(12-15-13-20-6-2-1-5-17(20)19-15)21-7-3-4-16(14-21)27(24,25)22-8-10-26-11-9-22/h1-2,5-6,13,16H,3-4,7-12,14H2/t16-/m1/s1. The van der Waals surface area contributed by atoms with Gasteiger partial charge in [0.15, 0.2) is 0 Å². The number of carbonyl (C=O) groups excluding carboxylic acids is 1. The Morgan fingerprint density at radius 2 is 2.04 bits per heavy atom. The zero-order chi connectivity index (χ0) is 18.9. The zero-order valence-electron chi connectivity index (χ0n) is 15.2. The maximum atomic E-state index is 12.9. The highest BCUT2D eigenvalue weighted by molar-refractivity contribution is 7.89. The van der Waals surface area contributed by atoms with Crippen molar-refractivity contribution in [1.29, 1.82) is 0 Å². The van der Waals surface area contributed by atoms with Crippen molar-refractivity contribution in [2.24, 2.45) is 0 Å². The Bertz CT molecular complexity index is 887. The Kier molecular flexibility index (Phi) is 5.16. The quantitative estimate of drug-likeness (QED) is 0.758. The molecule has 0 saturated carbocycles. The van der Waals surface area contributed by atoms with Gasteiger partial charge in [0.05, 0.1) is 30.6 Å². The van der Waals surface area contributed by atoms with Crippen LogP contribution in [0.25, 0.3) is 5.65 Å². The molecule has 1 atom stereocenters. The van der Waals surface area contributed by atoms with E-state index in [0.717, 1.165) is 5.65 Å². The van der Waals surface area contributed by atoms with E-state index in [-0.39, 0.29) is 18.9 Å². The van der Waals surface area contributed by atoms with Gasteiger partial charge in [-0.25, -0.2) is 13.4 Å². The molecule has 2 aliphatic heterocycles. The molecule has 4 rings (SSSR count). The van der Waals surface area contributed by atoms with E-state index in [9.17, 15) is 13.2 Å². The lowest BCUT2D eigenvalue weighted by Crippen LogP contribution is -2.52. The van der Waals surface area contributed by atoms with Gasteiger partial charge >= 0.3 is 0 Å². The van der Waals surface area contributed by atoms with Gasteiger partial charge in [0.2, 0.25) is 15.9 Å². The predicted molar refractivity (Wildman–Crippen MR) is 99.8 cm³/mol. The number of imidazole rings is 1. The summed E-state index contributed by atoms with van der Waals surface area (Å²) in [4.78, 5) is 18.9. The third kappa shape index (κ3) is 3.85. The second-order valence-electron chi connectivity index (χ2n) is 7.04. The van der Waals surface area contributed by atoms with Crippen LogP contribution in [-0.2, 0) is 26.0 Å². The van der Waals surface area contributed by atoms with Crippen molar-refractivity contribution in [3.8, 4) is 0 Å². The van der Waals surface area contributed by atoms with E-state index in [4.69, 9.17) is 4.74 Å². The van der Waals surface area contributed by atoms with Gasteiger partial charge in [-0.15, -0.1) is 0 Å². The van der Waals surface area contributed by atoms with Crippen molar-refractivity contribution in [2.45, 2.75) is 24.5 Å². The second kappa shape index (κ2) is 7.57. The summed E-state index contributed by atoms with van der Waals surface area (Å²) in [5.74, 6) is -0.0692. The number of hydrogen-bond donors (Lipinski definition) is 0. The number of ether oxygens (including phenoxy) is 1. The van der Waals surface area contributed by atoms with E-state index in [1.165, 1.54) is 4.31 Å². The number of hydrogen-bond acceptors (Lipinski definition) is 5. The van der Waals surface area contributed by atoms with E-state index in [1.807, 2.05) is 35.0 Å². The van der Waals surface area contributed by atoms with Crippen LogP contribution >= 0.6 is 0 Å². The van der Waals surface area contributed by atoms with Crippen LogP contribution in [0.15, 0.2) is 30.6 Å². The maximum absolute atomic E-state index is 12.9. The average molecular weight is 392 g/mol. The molecule has 2 aliphatic rings. The van der Waals surface area contributed by atoms with Crippen LogP contribution in [0.2, 0.25) is 0 Å². The molecule has 0 unspecified atom stereocenters. The van der Waals surface area contributed by atoms with Crippen molar-refractivity contribution in [2.75, 3.05) is 39.4 Å². The van der Waals surface area contributed by atoms with Crippen molar-refractivity contribution in [3.63, 3.8) is 0 Å². The molecule has 9 heteroatoms. The van der Waals surface area contributed by atoms with Crippen molar-refractivity contribution in [1.82, 2.24) is 18.6 Å². The van der Waals surface area contributed by atoms with Crippen LogP contribution in [0.1, 0.15) is 18.5 Å². The first-order valence-corrected chi connectivity index (χ1v) is 10.8. The summed E-state index contributed by atoms with van der Waals surface area (Å²) in [6.07, 6.45) is 5.22. The molecule has 146 valence electrons. The number of aromatic nitrogens is 2. The van der Waals surface area contributed by atoms with E-state index in [2.05, 4.69) is 4.98 Å². The summed E-state index contributed by atoms with van der Waals surface area (Å²) in [7, 11) is -3.41.